The highest BCUT2D eigenvalue weighted by atomic mass is 32.2. The van der Waals surface area contributed by atoms with Crippen molar-refractivity contribution in [1.82, 2.24) is 4.98 Å². The number of aryl methyl sites for hydroxylation is 1. The number of nitrogens with zero attached hydrogens (tertiary/aromatic N) is 4. The van der Waals surface area contributed by atoms with Crippen LogP contribution in [0, 0.1) is 12.8 Å². The van der Waals surface area contributed by atoms with Crippen molar-refractivity contribution >= 4 is 35.5 Å². The average molecular weight is 461 g/mol. The fourth-order valence-corrected chi connectivity index (χ4v) is 7.85. The summed E-state index contributed by atoms with van der Waals surface area (Å²) in [6.07, 6.45) is 4.97. The van der Waals surface area contributed by atoms with Gasteiger partial charge in [0.15, 0.2) is 5.69 Å². The number of fused-ring (bicyclic) bond motifs is 3. The van der Waals surface area contributed by atoms with Gasteiger partial charge in [-0.3, -0.25) is 3.89 Å². The Hall–Kier alpha value is -2.28. The summed E-state index contributed by atoms with van der Waals surface area (Å²) in [6, 6.07) is 21.5. The summed E-state index contributed by atoms with van der Waals surface area (Å²) in [5, 5.41) is 2.33. The highest BCUT2D eigenvalue weighted by Crippen LogP contribution is 2.46. The molecular formula is C26H28N4S2+2. The van der Waals surface area contributed by atoms with Crippen molar-refractivity contribution in [1.29, 1.82) is 0 Å². The Morgan fingerprint density at radius 1 is 1.09 bits per heavy atom. The summed E-state index contributed by atoms with van der Waals surface area (Å²) >= 11 is 3.80. The van der Waals surface area contributed by atoms with Gasteiger partial charge in [-0.25, -0.2) is 0 Å². The molecule has 3 aliphatic rings. The molecule has 0 atom stereocenters. The number of hydrogen-bond donors (Lipinski definition) is 0. The molecule has 1 aromatic heterocycles. The van der Waals surface area contributed by atoms with Crippen LogP contribution in [0.4, 0.5) is 5.69 Å². The first-order valence-corrected chi connectivity index (χ1v) is 13.0. The Kier molecular flexibility index (Phi) is 5.05. The van der Waals surface area contributed by atoms with Gasteiger partial charge in [-0.2, -0.15) is 4.57 Å². The van der Waals surface area contributed by atoms with E-state index in [1.165, 1.54) is 59.5 Å². The molecule has 0 aliphatic carbocycles. The maximum Gasteiger partial charge on any atom is 0.422 e. The molecule has 0 saturated carbocycles. The minimum atomic E-state index is 0.904. The Morgan fingerprint density at radius 3 is 2.56 bits per heavy atom. The van der Waals surface area contributed by atoms with E-state index in [1.54, 1.807) is 0 Å². The second kappa shape index (κ2) is 7.94. The van der Waals surface area contributed by atoms with Gasteiger partial charge in [0.2, 0.25) is 11.9 Å². The smallest absolute Gasteiger partial charge is 0.338 e. The molecule has 0 radical (unpaired) electrons. The first-order chi connectivity index (χ1) is 15.6. The van der Waals surface area contributed by atoms with Crippen LogP contribution in [-0.2, 0) is 0 Å². The molecule has 0 amide bonds. The van der Waals surface area contributed by atoms with Crippen LogP contribution in [0.25, 0.3) is 11.8 Å². The maximum absolute atomic E-state index is 5.24. The van der Waals surface area contributed by atoms with Gasteiger partial charge in [0.25, 0.3) is 0 Å². The number of anilines is 1. The number of piperidine rings is 1. The number of quaternary nitrogens is 1. The Balaban J connectivity index is 1.42. The van der Waals surface area contributed by atoms with E-state index < -0.39 is 0 Å². The molecule has 6 rings (SSSR count). The lowest BCUT2D eigenvalue weighted by atomic mass is 10.1. The summed E-state index contributed by atoms with van der Waals surface area (Å²) < 4.78 is 3.47. The highest BCUT2D eigenvalue weighted by molar-refractivity contribution is 8.03. The summed E-state index contributed by atoms with van der Waals surface area (Å²) in [6.45, 7) is 6.03. The van der Waals surface area contributed by atoms with E-state index in [9.17, 15) is 0 Å². The molecule has 4 nitrogen and oxygen atoms in total. The fourth-order valence-electron chi connectivity index (χ4n) is 5.25. The standard InChI is InChI=1S/C26H28N4S2/c1-19-16-21(17-25-28(2)23-10-6-7-11-24(23)31-25)27-26(29(19)22-8-4-3-5-9-22)32-30-14-12-20(18-30)13-15-30/h3-11,16-17,20H,12-15,18H2,1-2H3/q+2. The van der Waals surface area contributed by atoms with Crippen molar-refractivity contribution in [3.05, 3.63) is 77.1 Å². The van der Waals surface area contributed by atoms with Gasteiger partial charge >= 0.3 is 5.16 Å². The van der Waals surface area contributed by atoms with Crippen molar-refractivity contribution in [3.63, 3.8) is 0 Å². The number of thioether (sulfide) groups is 1. The van der Waals surface area contributed by atoms with E-state index in [2.05, 4.69) is 90.2 Å². The van der Waals surface area contributed by atoms with E-state index in [4.69, 9.17) is 4.98 Å². The number of hydrogen-bond acceptors (Lipinski definition) is 4. The molecule has 3 aliphatic heterocycles. The lowest BCUT2D eigenvalue weighted by Gasteiger charge is -2.26. The van der Waals surface area contributed by atoms with E-state index in [1.807, 2.05) is 23.7 Å². The molecule has 0 spiro atoms. The normalized spacial score (nSPS) is 25.0. The topological polar surface area (TPSA) is 20.0 Å². The average Bonchev–Trinajstić information content (AvgIpc) is 3.48. The van der Waals surface area contributed by atoms with Gasteiger partial charge in [0.05, 0.1) is 30.4 Å². The molecule has 0 N–H and O–H groups in total. The van der Waals surface area contributed by atoms with Crippen LogP contribution in [0.3, 0.4) is 0 Å². The van der Waals surface area contributed by atoms with Gasteiger partial charge in [-0.15, -0.1) is 0 Å². The number of aromatic nitrogens is 2. The minimum absolute atomic E-state index is 0.904. The molecule has 2 fully saturated rings. The molecule has 2 bridgehead atoms. The first-order valence-electron chi connectivity index (χ1n) is 11.4. The summed E-state index contributed by atoms with van der Waals surface area (Å²) in [5.74, 6) is 0.904. The third kappa shape index (κ3) is 3.54. The van der Waals surface area contributed by atoms with Crippen LogP contribution >= 0.6 is 23.7 Å². The molecule has 2 aromatic carbocycles. The largest absolute Gasteiger partial charge is 0.422 e. The van der Waals surface area contributed by atoms with Gasteiger partial charge in [0, 0.05) is 42.8 Å². The van der Waals surface area contributed by atoms with Gasteiger partial charge < -0.3 is 4.90 Å². The molecule has 3 aromatic rings. The van der Waals surface area contributed by atoms with Crippen LogP contribution in [0.15, 0.2) is 75.7 Å². The van der Waals surface area contributed by atoms with Crippen LogP contribution in [0.1, 0.15) is 24.2 Å². The zero-order chi connectivity index (χ0) is 21.7. The number of para-hydroxylation sites is 2. The first kappa shape index (κ1) is 20.3. The molecule has 2 saturated heterocycles. The molecular weight excluding hydrogens is 432 g/mol. The molecule has 4 heterocycles. The molecule has 162 valence electrons. The van der Waals surface area contributed by atoms with Crippen molar-refractivity contribution in [2.24, 2.45) is 5.92 Å². The minimum Gasteiger partial charge on any atom is -0.338 e. The number of benzene rings is 2. The number of rotatable bonds is 4. The van der Waals surface area contributed by atoms with E-state index >= 15 is 0 Å². The summed E-state index contributed by atoms with van der Waals surface area (Å²) in [4.78, 5) is 8.82. The predicted octanol–water partition coefficient (Wildman–Crippen LogP) is 5.45. The second-order valence-corrected chi connectivity index (χ2v) is 11.5. The third-order valence-corrected chi connectivity index (χ3v) is 9.44. The van der Waals surface area contributed by atoms with Crippen molar-refractivity contribution in [3.8, 4) is 5.69 Å². The van der Waals surface area contributed by atoms with Crippen LogP contribution in [0.5, 0.6) is 0 Å². The van der Waals surface area contributed by atoms with Crippen molar-refractivity contribution in [2.45, 2.75) is 29.8 Å². The molecule has 32 heavy (non-hydrogen) atoms. The van der Waals surface area contributed by atoms with Gasteiger partial charge in [-0.05, 0) is 36.2 Å². The Labute approximate surface area is 198 Å². The third-order valence-electron chi connectivity index (χ3n) is 6.94. The zero-order valence-corrected chi connectivity index (χ0v) is 20.2. The van der Waals surface area contributed by atoms with Gasteiger partial charge in [-0.1, -0.05) is 42.1 Å². The summed E-state index contributed by atoms with van der Waals surface area (Å²) in [5.41, 5.74) is 4.71. The fraction of sp³-hybridized carbons (Fsp3) is 0.308. The monoisotopic (exact) mass is 460 g/mol. The predicted molar refractivity (Wildman–Crippen MR) is 133 cm³/mol. The van der Waals surface area contributed by atoms with E-state index in [0.29, 0.717) is 0 Å². The lowest BCUT2D eigenvalue weighted by Crippen LogP contribution is -2.43. The van der Waals surface area contributed by atoms with Gasteiger partial charge in [0.1, 0.15) is 11.4 Å². The Morgan fingerprint density at radius 2 is 1.84 bits per heavy atom. The summed E-state index contributed by atoms with van der Waals surface area (Å²) in [7, 11) is 2.15. The molecule has 0 unspecified atom stereocenters. The van der Waals surface area contributed by atoms with Crippen molar-refractivity contribution < 1.29 is 8.46 Å². The van der Waals surface area contributed by atoms with E-state index in [-0.39, 0.29) is 0 Å². The lowest BCUT2D eigenvalue weighted by molar-refractivity contribution is -0.777. The SMILES string of the molecule is Cc1cc(/C=C2\Sc3ccccc3N2C)nc(S[N+]23CCC(CC2)C3)[n+]1-c1ccccc1. The molecule has 6 heteroatoms. The van der Waals surface area contributed by atoms with E-state index in [0.717, 1.165) is 20.7 Å². The zero-order valence-electron chi connectivity index (χ0n) is 18.6. The van der Waals surface area contributed by atoms with Crippen molar-refractivity contribution in [2.75, 3.05) is 31.6 Å². The van der Waals surface area contributed by atoms with Crippen LogP contribution in [-0.4, -0.2) is 35.6 Å². The Bertz CT molecular complexity index is 1200. The van der Waals surface area contributed by atoms with Crippen LogP contribution < -0.4 is 9.47 Å². The second-order valence-electron chi connectivity index (χ2n) is 9.11. The maximum atomic E-state index is 5.24. The highest BCUT2D eigenvalue weighted by Gasteiger charge is 2.49. The van der Waals surface area contributed by atoms with Crippen LogP contribution in [0.2, 0.25) is 0 Å². The quantitative estimate of drug-likeness (QED) is 0.223.